The SMILES string of the molecule is CN(C)c1ccc(OC(=O)OC(C)(C)C)c2c1C[C@@]1(CO)C[C@H]3[C@H](N(C)C)C(O)=C(C(N)=O)C(=O)[C@@]3(O)C(O)=C1C2=O. The number of ketones is 2. The maximum atomic E-state index is 14.3. The van der Waals surface area contributed by atoms with Crippen molar-refractivity contribution in [1.82, 2.24) is 4.90 Å². The molecule has 3 aliphatic rings. The van der Waals surface area contributed by atoms with E-state index in [4.69, 9.17) is 15.2 Å². The lowest BCUT2D eigenvalue weighted by Crippen LogP contribution is -2.65. The first-order valence-corrected chi connectivity index (χ1v) is 13.3. The van der Waals surface area contributed by atoms with Gasteiger partial charge in [-0.15, -0.1) is 0 Å². The standard InChI is InChI=1S/C29H37N3O10/c1-27(2,3)42-26(39)41-16-9-8-15(31(4)5)13-10-28(12-33)11-14-20(32(6)7)22(35)18(25(30)38)23(36)29(14,40)24(37)19(28)21(34)17(13)16/h8-9,14,20,33,35,37,40H,10-12H2,1-7H3,(H2,30,38)/t14-,20-,28-,29+/m0/s1. The first kappa shape index (κ1) is 31.0. The van der Waals surface area contributed by atoms with Crippen molar-refractivity contribution in [2.75, 3.05) is 39.7 Å². The highest BCUT2D eigenvalue weighted by Gasteiger charge is 2.66. The van der Waals surface area contributed by atoms with Crippen LogP contribution in [0.2, 0.25) is 0 Å². The zero-order chi connectivity index (χ0) is 31.7. The summed E-state index contributed by atoms with van der Waals surface area (Å²) in [7, 11) is 6.53. The van der Waals surface area contributed by atoms with Crippen molar-refractivity contribution in [3.8, 4) is 5.75 Å². The summed E-state index contributed by atoms with van der Waals surface area (Å²) in [5.41, 5.74) is -0.410. The molecule has 4 rings (SSSR count). The van der Waals surface area contributed by atoms with Crippen molar-refractivity contribution in [3.63, 3.8) is 0 Å². The van der Waals surface area contributed by atoms with E-state index in [1.54, 1.807) is 45.8 Å². The van der Waals surface area contributed by atoms with E-state index >= 15 is 0 Å². The highest BCUT2D eigenvalue weighted by molar-refractivity contribution is 6.25. The number of aliphatic hydroxyl groups is 4. The van der Waals surface area contributed by atoms with Crippen LogP contribution < -0.4 is 15.4 Å². The van der Waals surface area contributed by atoms with Crippen LogP contribution in [0.25, 0.3) is 0 Å². The van der Waals surface area contributed by atoms with E-state index in [0.29, 0.717) is 11.3 Å². The Kier molecular flexibility index (Phi) is 7.46. The number of anilines is 1. The first-order valence-electron chi connectivity index (χ1n) is 13.3. The maximum absolute atomic E-state index is 14.3. The molecule has 0 saturated carbocycles. The summed E-state index contributed by atoms with van der Waals surface area (Å²) < 4.78 is 10.7. The maximum Gasteiger partial charge on any atom is 0.514 e. The Morgan fingerprint density at radius 3 is 2.24 bits per heavy atom. The van der Waals surface area contributed by atoms with E-state index in [0.717, 1.165) is 0 Å². The fourth-order valence-electron chi connectivity index (χ4n) is 6.47. The van der Waals surface area contributed by atoms with Gasteiger partial charge in [-0.25, -0.2) is 4.79 Å². The van der Waals surface area contributed by atoms with Gasteiger partial charge in [0.15, 0.2) is 11.4 Å². The molecule has 228 valence electrons. The third-order valence-corrected chi connectivity index (χ3v) is 8.16. The highest BCUT2D eigenvalue weighted by Crippen LogP contribution is 2.58. The third kappa shape index (κ3) is 4.52. The quantitative estimate of drug-likeness (QED) is 0.187. The molecular weight excluding hydrogens is 550 g/mol. The van der Waals surface area contributed by atoms with Gasteiger partial charge in [-0.3, -0.25) is 19.3 Å². The van der Waals surface area contributed by atoms with E-state index in [2.05, 4.69) is 0 Å². The number of nitrogens with two attached hydrogens (primary N) is 1. The smallest absolute Gasteiger partial charge is 0.510 e. The van der Waals surface area contributed by atoms with Crippen LogP contribution in [0.4, 0.5) is 10.5 Å². The predicted molar refractivity (Wildman–Crippen MR) is 149 cm³/mol. The number of ether oxygens (including phenoxy) is 2. The average Bonchev–Trinajstić information content (AvgIpc) is 2.84. The van der Waals surface area contributed by atoms with Crippen molar-refractivity contribution in [1.29, 1.82) is 0 Å². The molecule has 13 nitrogen and oxygen atoms in total. The van der Waals surface area contributed by atoms with Crippen LogP contribution in [-0.2, 0) is 20.7 Å². The lowest BCUT2D eigenvalue weighted by Gasteiger charge is -2.54. The number of carbonyl (C=O) groups is 4. The number of hydrogen-bond donors (Lipinski definition) is 5. The number of rotatable bonds is 5. The number of hydrogen-bond acceptors (Lipinski definition) is 12. The van der Waals surface area contributed by atoms with E-state index in [9.17, 15) is 39.6 Å². The van der Waals surface area contributed by atoms with Crippen molar-refractivity contribution < 1.29 is 49.1 Å². The van der Waals surface area contributed by atoms with Gasteiger partial charge in [-0.1, -0.05) is 0 Å². The van der Waals surface area contributed by atoms with Crippen LogP contribution in [-0.4, -0.2) is 101 Å². The largest absolute Gasteiger partial charge is 0.514 e. The predicted octanol–water partition coefficient (Wildman–Crippen LogP) is 1.16. The molecule has 0 aromatic heterocycles. The monoisotopic (exact) mass is 587 g/mol. The number of amides is 1. The van der Waals surface area contributed by atoms with E-state index in [1.807, 2.05) is 0 Å². The van der Waals surface area contributed by atoms with Gasteiger partial charge < -0.3 is 40.5 Å². The molecule has 4 atom stereocenters. The molecular formula is C29H37N3O10. The number of aliphatic hydroxyl groups excluding tert-OH is 3. The van der Waals surface area contributed by atoms with Crippen LogP contribution in [0.3, 0.4) is 0 Å². The molecule has 0 spiro atoms. The van der Waals surface area contributed by atoms with Crippen LogP contribution in [0.15, 0.2) is 34.8 Å². The van der Waals surface area contributed by atoms with E-state index < -0.39 is 81.5 Å². The van der Waals surface area contributed by atoms with Crippen molar-refractivity contribution >= 4 is 29.3 Å². The van der Waals surface area contributed by atoms with Crippen molar-refractivity contribution in [2.24, 2.45) is 17.1 Å². The lowest BCUT2D eigenvalue weighted by molar-refractivity contribution is -0.151. The molecule has 0 bridgehead atoms. The van der Waals surface area contributed by atoms with Gasteiger partial charge in [0.05, 0.1) is 23.8 Å². The summed E-state index contributed by atoms with van der Waals surface area (Å²) >= 11 is 0. The third-order valence-electron chi connectivity index (χ3n) is 8.16. The Hall–Kier alpha value is -3.94. The topological polar surface area (TPSA) is 200 Å². The number of fused-ring (bicyclic) bond motifs is 3. The Morgan fingerprint density at radius 2 is 1.74 bits per heavy atom. The minimum absolute atomic E-state index is 0.0724. The summed E-state index contributed by atoms with van der Waals surface area (Å²) in [4.78, 5) is 55.9. The zero-order valence-corrected chi connectivity index (χ0v) is 24.6. The molecule has 1 aromatic rings. The normalized spacial score (nSPS) is 27.4. The van der Waals surface area contributed by atoms with E-state index in [1.165, 1.54) is 25.1 Å². The van der Waals surface area contributed by atoms with E-state index in [-0.39, 0.29) is 24.2 Å². The Bertz CT molecular complexity index is 1450. The van der Waals surface area contributed by atoms with Crippen LogP contribution in [0, 0.1) is 11.3 Å². The average molecular weight is 588 g/mol. The number of primary amides is 1. The van der Waals surface area contributed by atoms with Gasteiger partial charge in [0.1, 0.15) is 28.4 Å². The molecule has 0 heterocycles. The molecule has 1 amide bonds. The fourth-order valence-corrected chi connectivity index (χ4v) is 6.47. The van der Waals surface area contributed by atoms with Crippen molar-refractivity contribution in [2.45, 2.75) is 50.9 Å². The molecule has 0 fully saturated rings. The van der Waals surface area contributed by atoms with Gasteiger partial charge in [-0.05, 0) is 65.4 Å². The number of benzene rings is 1. The molecule has 6 N–H and O–H groups in total. The number of likely N-dealkylation sites (N-methyl/N-ethyl adjacent to an activating group) is 1. The van der Waals surface area contributed by atoms with Gasteiger partial charge in [0.2, 0.25) is 5.78 Å². The minimum atomic E-state index is -2.84. The molecule has 42 heavy (non-hydrogen) atoms. The molecule has 13 heteroatoms. The van der Waals surface area contributed by atoms with Crippen LogP contribution in [0.1, 0.15) is 43.1 Å². The van der Waals surface area contributed by atoms with Crippen molar-refractivity contribution in [3.05, 3.63) is 45.9 Å². The fraction of sp³-hybridized carbons (Fsp3) is 0.517. The molecule has 0 unspecified atom stereocenters. The Labute approximate surface area is 242 Å². The summed E-state index contributed by atoms with van der Waals surface area (Å²) in [6.07, 6.45) is -1.41. The molecule has 0 saturated heterocycles. The minimum Gasteiger partial charge on any atom is -0.510 e. The summed E-state index contributed by atoms with van der Waals surface area (Å²) in [6, 6.07) is 1.83. The molecule has 1 aromatic carbocycles. The van der Waals surface area contributed by atoms with Crippen LogP contribution >= 0.6 is 0 Å². The molecule has 0 aliphatic heterocycles. The second-order valence-electron chi connectivity index (χ2n) is 12.5. The zero-order valence-electron chi connectivity index (χ0n) is 24.6. The number of nitrogens with zero attached hydrogens (tertiary/aromatic N) is 2. The van der Waals surface area contributed by atoms with Gasteiger partial charge in [0, 0.05) is 31.1 Å². The summed E-state index contributed by atoms with van der Waals surface area (Å²) in [5.74, 6) is -6.81. The molecule has 0 radical (unpaired) electrons. The first-order chi connectivity index (χ1) is 19.3. The second-order valence-corrected chi connectivity index (χ2v) is 12.5. The summed E-state index contributed by atoms with van der Waals surface area (Å²) in [5, 5.41) is 45.4. The van der Waals surface area contributed by atoms with Gasteiger partial charge >= 0.3 is 6.16 Å². The van der Waals surface area contributed by atoms with Gasteiger partial charge in [-0.2, -0.15) is 0 Å². The summed E-state index contributed by atoms with van der Waals surface area (Å²) in [6.45, 7) is 4.22. The number of carbonyl (C=O) groups excluding carboxylic acids is 4. The second kappa shape index (κ2) is 10.1. The van der Waals surface area contributed by atoms with Crippen LogP contribution in [0.5, 0.6) is 5.75 Å². The highest BCUT2D eigenvalue weighted by atomic mass is 16.7. The number of Topliss-reactive ketones (excluding diaryl/α,β-unsaturated/α-hetero) is 2. The lowest BCUT2D eigenvalue weighted by atomic mass is 9.52. The van der Waals surface area contributed by atoms with Gasteiger partial charge in [0.25, 0.3) is 5.91 Å². The Morgan fingerprint density at radius 1 is 1.12 bits per heavy atom. The Balaban J connectivity index is 2.01. The molecule has 3 aliphatic carbocycles.